The third-order valence-corrected chi connectivity index (χ3v) is 3.46. The molecule has 0 spiro atoms. The van der Waals surface area contributed by atoms with Crippen molar-refractivity contribution in [2.75, 3.05) is 26.6 Å². The lowest BCUT2D eigenvalue weighted by atomic mass is 10.2. The maximum Gasteiger partial charge on any atom is 0.203 e. The number of hydrogen-bond donors (Lipinski definition) is 2. The Morgan fingerprint density at radius 3 is 2.09 bits per heavy atom. The highest BCUT2D eigenvalue weighted by Gasteiger charge is 2.13. The highest BCUT2D eigenvalue weighted by molar-refractivity contribution is 7.80. The quantitative estimate of drug-likeness (QED) is 0.792. The van der Waals surface area contributed by atoms with Crippen LogP contribution in [0, 0.1) is 0 Å². The molecular weight excluding hydrogens is 312 g/mol. The summed E-state index contributed by atoms with van der Waals surface area (Å²) in [6.07, 6.45) is 0. The van der Waals surface area contributed by atoms with Gasteiger partial charge < -0.3 is 24.8 Å². The van der Waals surface area contributed by atoms with E-state index >= 15 is 0 Å². The number of hydrogen-bond acceptors (Lipinski definition) is 4. The molecule has 23 heavy (non-hydrogen) atoms. The molecule has 0 aliphatic carbocycles. The van der Waals surface area contributed by atoms with Crippen LogP contribution in [-0.2, 0) is 6.54 Å². The molecule has 122 valence electrons. The SMILES string of the molecule is COc1cc(CNC(=S)Nc2ccccc2)cc(OC)c1OC. The fourth-order valence-corrected chi connectivity index (χ4v) is 2.31. The van der Waals surface area contributed by atoms with Crippen LogP contribution < -0.4 is 24.8 Å². The summed E-state index contributed by atoms with van der Waals surface area (Å²) in [5, 5.41) is 6.83. The number of methoxy groups -OCH3 is 3. The van der Waals surface area contributed by atoms with Gasteiger partial charge in [-0.1, -0.05) is 18.2 Å². The molecule has 0 aromatic heterocycles. The molecule has 2 aromatic rings. The topological polar surface area (TPSA) is 51.8 Å². The van der Waals surface area contributed by atoms with E-state index in [0.717, 1.165) is 11.3 Å². The Kier molecular flexibility index (Phi) is 6.05. The van der Waals surface area contributed by atoms with E-state index in [4.69, 9.17) is 26.4 Å². The summed E-state index contributed by atoms with van der Waals surface area (Å²) in [6, 6.07) is 13.5. The molecule has 0 heterocycles. The smallest absolute Gasteiger partial charge is 0.203 e. The number of ether oxygens (including phenoxy) is 3. The van der Waals surface area contributed by atoms with E-state index in [-0.39, 0.29) is 0 Å². The highest BCUT2D eigenvalue weighted by atomic mass is 32.1. The summed E-state index contributed by atoms with van der Waals surface area (Å²) < 4.78 is 16.0. The van der Waals surface area contributed by atoms with Crippen molar-refractivity contribution < 1.29 is 14.2 Å². The maximum atomic E-state index is 5.34. The maximum absolute atomic E-state index is 5.34. The molecule has 0 unspecified atom stereocenters. The van der Waals surface area contributed by atoms with Gasteiger partial charge in [-0.25, -0.2) is 0 Å². The van der Waals surface area contributed by atoms with Gasteiger partial charge in [0.2, 0.25) is 5.75 Å². The van der Waals surface area contributed by atoms with Crippen LogP contribution >= 0.6 is 12.2 Å². The lowest BCUT2D eigenvalue weighted by molar-refractivity contribution is 0.323. The van der Waals surface area contributed by atoms with Crippen molar-refractivity contribution in [3.63, 3.8) is 0 Å². The van der Waals surface area contributed by atoms with E-state index in [1.54, 1.807) is 21.3 Å². The molecule has 2 rings (SSSR count). The zero-order valence-corrected chi connectivity index (χ0v) is 14.2. The Morgan fingerprint density at radius 1 is 0.957 bits per heavy atom. The minimum Gasteiger partial charge on any atom is -0.493 e. The van der Waals surface area contributed by atoms with Crippen LogP contribution in [0.2, 0.25) is 0 Å². The van der Waals surface area contributed by atoms with Crippen molar-refractivity contribution in [2.24, 2.45) is 0 Å². The van der Waals surface area contributed by atoms with Crippen molar-refractivity contribution in [1.82, 2.24) is 5.32 Å². The van der Waals surface area contributed by atoms with Gasteiger partial charge in [-0.15, -0.1) is 0 Å². The van der Waals surface area contributed by atoms with E-state index in [1.165, 1.54) is 0 Å². The fraction of sp³-hybridized carbons (Fsp3) is 0.235. The van der Waals surface area contributed by atoms with Gasteiger partial charge in [-0.2, -0.15) is 0 Å². The second kappa shape index (κ2) is 8.24. The van der Waals surface area contributed by atoms with E-state index in [0.29, 0.717) is 28.9 Å². The summed E-state index contributed by atoms with van der Waals surface area (Å²) >= 11 is 5.30. The number of nitrogens with one attached hydrogen (secondary N) is 2. The Hall–Kier alpha value is -2.47. The third kappa shape index (κ3) is 4.50. The molecule has 0 saturated heterocycles. The summed E-state index contributed by atoms with van der Waals surface area (Å²) in [4.78, 5) is 0. The van der Waals surface area contributed by atoms with Crippen LogP contribution in [0.15, 0.2) is 42.5 Å². The Balaban J connectivity index is 2.04. The van der Waals surface area contributed by atoms with Gasteiger partial charge in [-0.3, -0.25) is 0 Å². The second-order valence-corrected chi connectivity index (χ2v) is 5.12. The molecular formula is C17H20N2O3S. The van der Waals surface area contributed by atoms with Crippen LogP contribution in [0.5, 0.6) is 17.2 Å². The lowest BCUT2D eigenvalue weighted by Crippen LogP contribution is -2.27. The predicted octanol–water partition coefficient (Wildman–Crippen LogP) is 3.20. The van der Waals surface area contributed by atoms with Crippen molar-refractivity contribution in [2.45, 2.75) is 6.54 Å². The van der Waals surface area contributed by atoms with Gasteiger partial charge in [-0.05, 0) is 42.0 Å². The first-order valence-corrected chi connectivity index (χ1v) is 7.47. The van der Waals surface area contributed by atoms with Gasteiger partial charge in [0.05, 0.1) is 21.3 Å². The van der Waals surface area contributed by atoms with E-state index < -0.39 is 0 Å². The van der Waals surface area contributed by atoms with Gasteiger partial charge in [0.15, 0.2) is 16.6 Å². The molecule has 2 N–H and O–H groups in total. The first kappa shape index (κ1) is 16.9. The fourth-order valence-electron chi connectivity index (χ4n) is 2.12. The Labute approximate surface area is 141 Å². The Morgan fingerprint density at radius 2 is 1.57 bits per heavy atom. The summed E-state index contributed by atoms with van der Waals surface area (Å²) in [7, 11) is 4.77. The molecule has 0 bridgehead atoms. The minimum atomic E-state index is 0.537. The summed E-state index contributed by atoms with van der Waals surface area (Å²) in [5.41, 5.74) is 1.91. The van der Waals surface area contributed by atoms with Crippen molar-refractivity contribution in [1.29, 1.82) is 0 Å². The first-order valence-electron chi connectivity index (χ1n) is 7.06. The van der Waals surface area contributed by atoms with Crippen LogP contribution in [0.3, 0.4) is 0 Å². The zero-order valence-electron chi connectivity index (χ0n) is 13.4. The Bertz CT molecular complexity index is 637. The molecule has 0 saturated carbocycles. The van der Waals surface area contributed by atoms with E-state index in [9.17, 15) is 0 Å². The van der Waals surface area contributed by atoms with Crippen LogP contribution in [-0.4, -0.2) is 26.4 Å². The van der Waals surface area contributed by atoms with Gasteiger partial charge in [0.25, 0.3) is 0 Å². The molecule has 0 fully saturated rings. The third-order valence-electron chi connectivity index (χ3n) is 3.21. The van der Waals surface area contributed by atoms with Crippen LogP contribution in [0.4, 0.5) is 5.69 Å². The number of benzene rings is 2. The molecule has 0 aliphatic heterocycles. The lowest BCUT2D eigenvalue weighted by Gasteiger charge is -2.15. The van der Waals surface area contributed by atoms with Gasteiger partial charge in [0.1, 0.15) is 0 Å². The number of rotatable bonds is 6. The molecule has 2 aromatic carbocycles. The number of anilines is 1. The highest BCUT2D eigenvalue weighted by Crippen LogP contribution is 2.38. The van der Waals surface area contributed by atoms with Gasteiger partial charge in [0, 0.05) is 12.2 Å². The molecule has 0 radical (unpaired) electrons. The van der Waals surface area contributed by atoms with Crippen molar-refractivity contribution in [3.8, 4) is 17.2 Å². The first-order chi connectivity index (χ1) is 11.2. The molecule has 0 aliphatic rings. The normalized spacial score (nSPS) is 9.87. The summed E-state index contributed by atoms with van der Waals surface area (Å²) in [5.74, 6) is 1.81. The zero-order chi connectivity index (χ0) is 16.7. The average Bonchev–Trinajstić information content (AvgIpc) is 2.59. The van der Waals surface area contributed by atoms with Crippen LogP contribution in [0.1, 0.15) is 5.56 Å². The standard InChI is InChI=1S/C17H20N2O3S/c1-20-14-9-12(10-15(21-2)16(14)22-3)11-18-17(23)19-13-7-5-4-6-8-13/h4-10H,11H2,1-3H3,(H2,18,19,23). The van der Waals surface area contributed by atoms with Crippen molar-refractivity contribution >= 4 is 23.0 Å². The second-order valence-electron chi connectivity index (χ2n) is 4.71. The van der Waals surface area contributed by atoms with E-state index in [2.05, 4.69) is 10.6 Å². The monoisotopic (exact) mass is 332 g/mol. The average molecular weight is 332 g/mol. The predicted molar refractivity (Wildman–Crippen MR) is 95.6 cm³/mol. The minimum absolute atomic E-state index is 0.537. The summed E-state index contributed by atoms with van der Waals surface area (Å²) in [6.45, 7) is 0.537. The molecule has 0 atom stereocenters. The van der Waals surface area contributed by atoms with E-state index in [1.807, 2.05) is 42.5 Å². The number of para-hydroxylation sites is 1. The molecule has 5 nitrogen and oxygen atoms in total. The molecule has 6 heteroatoms. The van der Waals surface area contributed by atoms with Crippen LogP contribution in [0.25, 0.3) is 0 Å². The number of thiocarbonyl (C=S) groups is 1. The molecule has 0 amide bonds. The van der Waals surface area contributed by atoms with Gasteiger partial charge >= 0.3 is 0 Å². The van der Waals surface area contributed by atoms with Crippen molar-refractivity contribution in [3.05, 3.63) is 48.0 Å². The largest absolute Gasteiger partial charge is 0.493 e.